The van der Waals surface area contributed by atoms with Crippen LogP contribution >= 0.6 is 11.6 Å². The molecule has 0 fully saturated rings. The minimum Gasteiger partial charge on any atom is -0.448 e. The normalized spacial score (nSPS) is 12.8. The fraction of sp³-hybridized carbons (Fsp3) is 0.462. The molecule has 0 amide bonds. The molecule has 2 rings (SSSR count). The van der Waals surface area contributed by atoms with Gasteiger partial charge in [0.1, 0.15) is 5.76 Å². The monoisotopic (exact) mass is 267 g/mol. The van der Waals surface area contributed by atoms with Crippen LogP contribution in [0.15, 0.2) is 28.9 Å². The lowest BCUT2D eigenvalue weighted by molar-refractivity contribution is 0.447. The van der Waals surface area contributed by atoms with Gasteiger partial charge >= 0.3 is 0 Å². The van der Waals surface area contributed by atoms with E-state index < -0.39 is 0 Å². The number of rotatable bonds is 6. The first-order chi connectivity index (χ1) is 8.74. The van der Waals surface area contributed by atoms with Crippen molar-refractivity contribution in [3.8, 4) is 0 Å². The molecule has 0 aliphatic heterocycles. The van der Waals surface area contributed by atoms with Gasteiger partial charge in [0.05, 0.1) is 12.2 Å². The van der Waals surface area contributed by atoms with E-state index in [-0.39, 0.29) is 6.04 Å². The first-order valence-corrected chi connectivity index (χ1v) is 6.63. The SMILES string of the molecule is CCCNC(c1cnn(CC)c1)c1ccc(Cl)o1. The molecule has 0 aliphatic rings. The van der Waals surface area contributed by atoms with Crippen LogP contribution in [-0.2, 0) is 6.54 Å². The summed E-state index contributed by atoms with van der Waals surface area (Å²) in [4.78, 5) is 0. The predicted octanol–water partition coefficient (Wildman–Crippen LogP) is 3.24. The summed E-state index contributed by atoms with van der Waals surface area (Å²) in [6.45, 7) is 5.98. The van der Waals surface area contributed by atoms with Crippen molar-refractivity contribution in [1.82, 2.24) is 15.1 Å². The summed E-state index contributed by atoms with van der Waals surface area (Å²) in [6, 6.07) is 3.68. The first-order valence-electron chi connectivity index (χ1n) is 6.25. The Morgan fingerprint density at radius 3 is 2.83 bits per heavy atom. The zero-order chi connectivity index (χ0) is 13.0. The molecule has 0 bridgehead atoms. The molecule has 2 aromatic heterocycles. The Balaban J connectivity index is 2.24. The zero-order valence-electron chi connectivity index (χ0n) is 10.7. The van der Waals surface area contributed by atoms with E-state index in [4.69, 9.17) is 16.0 Å². The molecule has 0 saturated heterocycles. The standard InChI is InChI=1S/C13H18ClN3O/c1-3-7-15-13(11-5-6-12(14)18-11)10-8-16-17(4-2)9-10/h5-6,8-9,13,15H,3-4,7H2,1-2H3. The number of halogens is 1. The zero-order valence-corrected chi connectivity index (χ0v) is 11.4. The molecule has 5 heteroatoms. The van der Waals surface area contributed by atoms with Crippen LogP contribution < -0.4 is 5.32 Å². The van der Waals surface area contributed by atoms with E-state index in [9.17, 15) is 0 Å². The first kappa shape index (κ1) is 13.2. The van der Waals surface area contributed by atoms with Crippen molar-refractivity contribution in [3.05, 3.63) is 41.1 Å². The van der Waals surface area contributed by atoms with Crippen LogP contribution in [0.5, 0.6) is 0 Å². The fourth-order valence-electron chi connectivity index (χ4n) is 1.86. The van der Waals surface area contributed by atoms with E-state index >= 15 is 0 Å². The molecule has 0 spiro atoms. The van der Waals surface area contributed by atoms with Crippen LogP contribution in [0, 0.1) is 0 Å². The minimum absolute atomic E-state index is 0.0118. The lowest BCUT2D eigenvalue weighted by Gasteiger charge is -2.14. The van der Waals surface area contributed by atoms with Crippen LogP contribution in [0.3, 0.4) is 0 Å². The van der Waals surface area contributed by atoms with Gasteiger partial charge in [-0.3, -0.25) is 4.68 Å². The number of hydrogen-bond donors (Lipinski definition) is 1. The van der Waals surface area contributed by atoms with Gasteiger partial charge in [-0.15, -0.1) is 0 Å². The van der Waals surface area contributed by atoms with E-state index in [1.807, 2.05) is 23.1 Å². The van der Waals surface area contributed by atoms with Crippen LogP contribution in [0.4, 0.5) is 0 Å². The number of aromatic nitrogens is 2. The van der Waals surface area contributed by atoms with Crippen molar-refractivity contribution in [2.45, 2.75) is 32.9 Å². The van der Waals surface area contributed by atoms with Crippen molar-refractivity contribution in [1.29, 1.82) is 0 Å². The number of nitrogens with one attached hydrogen (secondary N) is 1. The van der Waals surface area contributed by atoms with Crippen molar-refractivity contribution < 1.29 is 4.42 Å². The number of furan rings is 1. The fourth-order valence-corrected chi connectivity index (χ4v) is 2.01. The van der Waals surface area contributed by atoms with Gasteiger partial charge < -0.3 is 9.73 Å². The Hall–Kier alpha value is -1.26. The summed E-state index contributed by atoms with van der Waals surface area (Å²) < 4.78 is 7.41. The average molecular weight is 268 g/mol. The molecule has 18 heavy (non-hydrogen) atoms. The molecule has 2 heterocycles. The summed E-state index contributed by atoms with van der Waals surface area (Å²) in [5.74, 6) is 0.823. The van der Waals surface area contributed by atoms with Gasteiger partial charge in [-0.1, -0.05) is 6.92 Å². The van der Waals surface area contributed by atoms with Gasteiger partial charge in [0, 0.05) is 18.3 Å². The molecular weight excluding hydrogens is 250 g/mol. The second-order valence-corrected chi connectivity index (χ2v) is 4.53. The quantitative estimate of drug-likeness (QED) is 0.874. The second kappa shape index (κ2) is 6.07. The van der Waals surface area contributed by atoms with E-state index in [1.165, 1.54) is 0 Å². The highest BCUT2D eigenvalue weighted by Crippen LogP contribution is 2.25. The summed E-state index contributed by atoms with van der Waals surface area (Å²) in [7, 11) is 0. The molecule has 4 nitrogen and oxygen atoms in total. The third-order valence-electron chi connectivity index (χ3n) is 2.79. The van der Waals surface area contributed by atoms with Crippen molar-refractivity contribution in [2.75, 3.05) is 6.54 Å². The Morgan fingerprint density at radius 2 is 2.28 bits per heavy atom. The molecular formula is C13H18ClN3O. The highest BCUT2D eigenvalue weighted by Gasteiger charge is 2.18. The number of aryl methyl sites for hydroxylation is 1. The van der Waals surface area contributed by atoms with Crippen LogP contribution in [-0.4, -0.2) is 16.3 Å². The third-order valence-corrected chi connectivity index (χ3v) is 2.99. The smallest absolute Gasteiger partial charge is 0.193 e. The van der Waals surface area contributed by atoms with Gasteiger partial charge in [-0.05, 0) is 43.6 Å². The van der Waals surface area contributed by atoms with Crippen LogP contribution in [0.2, 0.25) is 5.22 Å². The molecule has 1 unspecified atom stereocenters. The van der Waals surface area contributed by atoms with E-state index in [1.54, 1.807) is 6.07 Å². The number of hydrogen-bond acceptors (Lipinski definition) is 3. The van der Waals surface area contributed by atoms with Gasteiger partial charge in [0.2, 0.25) is 0 Å². The lowest BCUT2D eigenvalue weighted by Crippen LogP contribution is -2.22. The second-order valence-electron chi connectivity index (χ2n) is 4.16. The maximum absolute atomic E-state index is 5.84. The van der Waals surface area contributed by atoms with Crippen molar-refractivity contribution in [3.63, 3.8) is 0 Å². The summed E-state index contributed by atoms with van der Waals surface area (Å²) in [5.41, 5.74) is 1.09. The third kappa shape index (κ3) is 2.94. The largest absolute Gasteiger partial charge is 0.448 e. The van der Waals surface area contributed by atoms with Crippen molar-refractivity contribution in [2.24, 2.45) is 0 Å². The Labute approximate surface area is 112 Å². The highest BCUT2D eigenvalue weighted by atomic mass is 35.5. The molecule has 0 saturated carbocycles. The summed E-state index contributed by atoms with van der Waals surface area (Å²) >= 11 is 5.84. The van der Waals surface area contributed by atoms with Gasteiger partial charge in [-0.2, -0.15) is 5.10 Å². The molecule has 0 aromatic carbocycles. The van der Waals surface area contributed by atoms with E-state index in [0.717, 1.165) is 30.8 Å². The van der Waals surface area contributed by atoms with Gasteiger partial charge in [0.15, 0.2) is 5.22 Å². The summed E-state index contributed by atoms with van der Waals surface area (Å²) in [6.07, 6.45) is 4.96. The van der Waals surface area contributed by atoms with Crippen LogP contribution in [0.25, 0.3) is 0 Å². The average Bonchev–Trinajstić information content (AvgIpc) is 2.99. The molecule has 0 radical (unpaired) electrons. The lowest BCUT2D eigenvalue weighted by atomic mass is 10.1. The summed E-state index contributed by atoms with van der Waals surface area (Å²) in [5, 5.41) is 8.16. The van der Waals surface area contributed by atoms with Gasteiger partial charge in [-0.25, -0.2) is 0 Å². The molecule has 2 aromatic rings. The van der Waals surface area contributed by atoms with Crippen molar-refractivity contribution >= 4 is 11.6 Å². The molecule has 1 atom stereocenters. The maximum atomic E-state index is 5.84. The Morgan fingerprint density at radius 1 is 1.44 bits per heavy atom. The maximum Gasteiger partial charge on any atom is 0.193 e. The van der Waals surface area contributed by atoms with Gasteiger partial charge in [0.25, 0.3) is 0 Å². The van der Waals surface area contributed by atoms with E-state index in [2.05, 4.69) is 24.3 Å². The molecule has 98 valence electrons. The minimum atomic E-state index is 0.0118. The number of nitrogens with zero attached hydrogens (tertiary/aromatic N) is 2. The van der Waals surface area contributed by atoms with Crippen LogP contribution in [0.1, 0.15) is 37.6 Å². The highest BCUT2D eigenvalue weighted by molar-refractivity contribution is 6.28. The topological polar surface area (TPSA) is 43.0 Å². The molecule has 0 aliphatic carbocycles. The Kier molecular flexibility index (Phi) is 4.44. The van der Waals surface area contributed by atoms with E-state index in [0.29, 0.717) is 5.22 Å². The predicted molar refractivity (Wildman–Crippen MR) is 71.8 cm³/mol. The molecule has 1 N–H and O–H groups in total. The Bertz CT molecular complexity index is 492.